The molecule has 1 aromatic carbocycles. The van der Waals surface area contributed by atoms with Crippen molar-refractivity contribution in [3.8, 4) is 0 Å². The summed E-state index contributed by atoms with van der Waals surface area (Å²) >= 11 is 0. The van der Waals surface area contributed by atoms with Crippen molar-refractivity contribution in [2.45, 2.75) is 105 Å². The molecule has 170 valence electrons. The molecule has 2 N–H and O–H groups in total. The van der Waals surface area contributed by atoms with Crippen molar-refractivity contribution in [1.82, 2.24) is 0 Å². The van der Waals surface area contributed by atoms with Gasteiger partial charge in [-0.1, -0.05) is 50.3 Å². The van der Waals surface area contributed by atoms with Gasteiger partial charge in [-0.2, -0.15) is 0 Å². The third-order valence-electron chi connectivity index (χ3n) is 6.33. The molecule has 4 heteroatoms. The van der Waals surface area contributed by atoms with E-state index < -0.39 is 22.8 Å². The zero-order valence-corrected chi connectivity index (χ0v) is 19.7. The van der Waals surface area contributed by atoms with Crippen molar-refractivity contribution in [1.29, 1.82) is 0 Å². The van der Waals surface area contributed by atoms with Gasteiger partial charge in [-0.15, -0.1) is 0 Å². The van der Waals surface area contributed by atoms with Crippen molar-refractivity contribution in [2.75, 3.05) is 0 Å². The molecule has 1 aromatic rings. The number of carbonyl (C=O) groups is 2. The smallest absolute Gasteiger partial charge is 0.309 e. The predicted molar refractivity (Wildman–Crippen MR) is 123 cm³/mol. The molecular weight excluding hydrogens is 376 g/mol. The topological polar surface area (TPSA) is 74.6 Å². The number of carboxylic acid groups (broad SMARTS) is 2. The van der Waals surface area contributed by atoms with Crippen LogP contribution in [0.15, 0.2) is 18.2 Å². The Hall–Kier alpha value is -1.84. The molecule has 0 spiro atoms. The number of benzene rings is 1. The first-order valence-corrected chi connectivity index (χ1v) is 11.5. The highest BCUT2D eigenvalue weighted by molar-refractivity contribution is 5.73. The fourth-order valence-electron chi connectivity index (χ4n) is 3.72. The van der Waals surface area contributed by atoms with E-state index in [0.717, 1.165) is 70.6 Å². The molecule has 30 heavy (non-hydrogen) atoms. The Balaban J connectivity index is 2.27. The summed E-state index contributed by atoms with van der Waals surface area (Å²) in [6, 6.07) is 6.79. The van der Waals surface area contributed by atoms with Gasteiger partial charge in [0.25, 0.3) is 0 Å². The molecule has 0 heterocycles. The Labute approximate surface area is 183 Å². The van der Waals surface area contributed by atoms with Gasteiger partial charge in [0.1, 0.15) is 0 Å². The van der Waals surface area contributed by atoms with E-state index in [9.17, 15) is 14.7 Å². The Morgan fingerprint density at radius 3 is 1.70 bits per heavy atom. The zero-order chi connectivity index (χ0) is 22.8. The van der Waals surface area contributed by atoms with Crippen molar-refractivity contribution in [2.24, 2.45) is 10.8 Å². The van der Waals surface area contributed by atoms with Crippen LogP contribution in [0.4, 0.5) is 0 Å². The quantitative estimate of drug-likeness (QED) is 0.307. The first-order valence-electron chi connectivity index (χ1n) is 11.5. The van der Waals surface area contributed by atoms with Gasteiger partial charge in [0, 0.05) is 0 Å². The standard InChI is InChI=1S/C26H42O4/c1-20-19-21(13-9-6-7-11-17-25(2,3)23(27)28)15-16-22(20)14-10-8-12-18-26(4,5)24(29)30/h15-16,19H,6-14,17-18H2,1-5H3,(H,27,28)(H,29,30). The Morgan fingerprint density at radius 2 is 1.20 bits per heavy atom. The summed E-state index contributed by atoms with van der Waals surface area (Å²) in [6.07, 6.45) is 11.1. The average Bonchev–Trinajstić information content (AvgIpc) is 2.65. The minimum Gasteiger partial charge on any atom is -0.481 e. The first kappa shape index (κ1) is 26.2. The lowest BCUT2D eigenvalue weighted by atomic mass is 9.87. The molecule has 0 atom stereocenters. The van der Waals surface area contributed by atoms with E-state index in [2.05, 4.69) is 25.1 Å². The SMILES string of the molecule is Cc1cc(CCCCCCC(C)(C)C(=O)O)ccc1CCCCCC(C)(C)C(=O)O. The summed E-state index contributed by atoms with van der Waals surface area (Å²) in [5.74, 6) is -1.42. The summed E-state index contributed by atoms with van der Waals surface area (Å²) in [7, 11) is 0. The van der Waals surface area contributed by atoms with Gasteiger partial charge in [0.05, 0.1) is 10.8 Å². The Kier molecular flexibility index (Phi) is 10.6. The van der Waals surface area contributed by atoms with Crippen LogP contribution in [0.3, 0.4) is 0 Å². The molecular formula is C26H42O4. The summed E-state index contributed by atoms with van der Waals surface area (Å²) in [5, 5.41) is 18.3. The second-order valence-corrected chi connectivity index (χ2v) is 10.1. The van der Waals surface area contributed by atoms with Crippen molar-refractivity contribution < 1.29 is 19.8 Å². The molecule has 0 aliphatic rings. The number of hydrogen-bond donors (Lipinski definition) is 2. The molecule has 0 unspecified atom stereocenters. The van der Waals surface area contributed by atoms with E-state index in [1.165, 1.54) is 16.7 Å². The lowest BCUT2D eigenvalue weighted by Gasteiger charge is -2.18. The van der Waals surface area contributed by atoms with Gasteiger partial charge in [-0.05, 0) is 89.8 Å². The van der Waals surface area contributed by atoms with Crippen LogP contribution in [-0.4, -0.2) is 22.2 Å². The van der Waals surface area contributed by atoms with Crippen LogP contribution in [-0.2, 0) is 22.4 Å². The zero-order valence-electron chi connectivity index (χ0n) is 19.7. The molecule has 0 amide bonds. The highest BCUT2D eigenvalue weighted by Crippen LogP contribution is 2.25. The maximum absolute atomic E-state index is 11.2. The van der Waals surface area contributed by atoms with E-state index >= 15 is 0 Å². The molecule has 1 rings (SSSR count). The second kappa shape index (κ2) is 12.1. The first-order chi connectivity index (χ1) is 14.0. The monoisotopic (exact) mass is 418 g/mol. The maximum Gasteiger partial charge on any atom is 0.309 e. The summed E-state index contributed by atoms with van der Waals surface area (Å²) in [4.78, 5) is 22.3. The van der Waals surface area contributed by atoms with Gasteiger partial charge in [0.15, 0.2) is 0 Å². The Morgan fingerprint density at radius 1 is 0.733 bits per heavy atom. The molecule has 0 fully saturated rings. The summed E-state index contributed by atoms with van der Waals surface area (Å²) in [5.41, 5.74) is 2.89. The van der Waals surface area contributed by atoms with Gasteiger partial charge < -0.3 is 10.2 Å². The van der Waals surface area contributed by atoms with Crippen LogP contribution in [0.25, 0.3) is 0 Å². The number of aliphatic carboxylic acids is 2. The molecule has 4 nitrogen and oxygen atoms in total. The molecule has 0 radical (unpaired) electrons. The average molecular weight is 419 g/mol. The highest BCUT2D eigenvalue weighted by atomic mass is 16.4. The minimum atomic E-state index is -0.710. The fourth-order valence-corrected chi connectivity index (χ4v) is 3.72. The van der Waals surface area contributed by atoms with Crippen molar-refractivity contribution >= 4 is 11.9 Å². The largest absolute Gasteiger partial charge is 0.481 e. The molecule has 0 aliphatic heterocycles. The van der Waals surface area contributed by atoms with Crippen molar-refractivity contribution in [3.05, 3.63) is 34.9 Å². The number of aryl methyl sites for hydroxylation is 3. The summed E-state index contributed by atoms with van der Waals surface area (Å²) < 4.78 is 0. The van der Waals surface area contributed by atoms with Crippen LogP contribution in [0, 0.1) is 17.8 Å². The van der Waals surface area contributed by atoms with Crippen LogP contribution < -0.4 is 0 Å². The van der Waals surface area contributed by atoms with Crippen LogP contribution in [0.1, 0.15) is 102 Å². The summed E-state index contributed by atoms with van der Waals surface area (Å²) in [6.45, 7) is 9.39. The number of unbranched alkanes of at least 4 members (excludes halogenated alkanes) is 5. The van der Waals surface area contributed by atoms with E-state index in [1.54, 1.807) is 27.7 Å². The van der Waals surface area contributed by atoms with Gasteiger partial charge in [-0.25, -0.2) is 0 Å². The third kappa shape index (κ3) is 9.32. The van der Waals surface area contributed by atoms with Crippen LogP contribution >= 0.6 is 0 Å². The van der Waals surface area contributed by atoms with E-state index in [0.29, 0.717) is 0 Å². The normalized spacial score (nSPS) is 12.2. The molecule has 0 saturated heterocycles. The number of rotatable bonds is 15. The van der Waals surface area contributed by atoms with E-state index in [1.807, 2.05) is 0 Å². The number of hydrogen-bond acceptors (Lipinski definition) is 2. The van der Waals surface area contributed by atoms with E-state index in [4.69, 9.17) is 5.11 Å². The maximum atomic E-state index is 11.2. The lowest BCUT2D eigenvalue weighted by molar-refractivity contribution is -0.148. The van der Waals surface area contributed by atoms with Gasteiger partial charge in [0.2, 0.25) is 0 Å². The van der Waals surface area contributed by atoms with Crippen LogP contribution in [0.5, 0.6) is 0 Å². The lowest BCUT2D eigenvalue weighted by Crippen LogP contribution is -2.23. The van der Waals surface area contributed by atoms with Gasteiger partial charge in [-0.3, -0.25) is 9.59 Å². The predicted octanol–water partition coefficient (Wildman–Crippen LogP) is 6.81. The molecule has 0 saturated carbocycles. The molecule has 0 aromatic heterocycles. The minimum absolute atomic E-state index is 0.612. The fraction of sp³-hybridized carbons (Fsp3) is 0.692. The second-order valence-electron chi connectivity index (χ2n) is 10.1. The molecule has 0 aliphatic carbocycles. The van der Waals surface area contributed by atoms with Crippen LogP contribution in [0.2, 0.25) is 0 Å². The highest BCUT2D eigenvalue weighted by Gasteiger charge is 2.26. The van der Waals surface area contributed by atoms with E-state index in [-0.39, 0.29) is 0 Å². The number of carboxylic acids is 2. The molecule has 0 bridgehead atoms. The third-order valence-corrected chi connectivity index (χ3v) is 6.33. The van der Waals surface area contributed by atoms with Gasteiger partial charge >= 0.3 is 11.9 Å². The Bertz CT molecular complexity index is 688. The van der Waals surface area contributed by atoms with Crippen molar-refractivity contribution in [3.63, 3.8) is 0 Å².